The van der Waals surface area contributed by atoms with E-state index < -0.39 is 0 Å². The van der Waals surface area contributed by atoms with Crippen LogP contribution in [0, 0.1) is 11.8 Å². The Balaban J connectivity index is 0.00000703. The number of methoxy groups -OCH3 is 8. The van der Waals surface area contributed by atoms with E-state index >= 15 is 0 Å². The van der Waals surface area contributed by atoms with E-state index in [1.54, 1.807) is 56.9 Å². The van der Waals surface area contributed by atoms with Crippen molar-refractivity contribution in [2.75, 3.05) is 83.1 Å². The minimum absolute atomic E-state index is 0. The van der Waals surface area contributed by atoms with E-state index in [4.69, 9.17) is 37.9 Å². The molecule has 0 saturated heterocycles. The maximum atomic E-state index is 6.02. The van der Waals surface area contributed by atoms with Gasteiger partial charge in [-0.05, 0) is 164 Å². The van der Waals surface area contributed by atoms with Crippen LogP contribution in [0.1, 0.15) is 133 Å². The molecule has 16 nitrogen and oxygen atoms in total. The lowest BCUT2D eigenvalue weighted by atomic mass is 9.79. The Morgan fingerprint density at radius 1 is 0.316 bits per heavy atom. The molecular weight excluding hydrogens is 1060 g/mol. The van der Waals surface area contributed by atoms with Gasteiger partial charge in [-0.25, -0.2) is 0 Å². The second-order valence-electron chi connectivity index (χ2n) is 19.1. The Bertz CT molecular complexity index is 2020. The molecule has 12 N–H and O–H groups in total. The van der Waals surface area contributed by atoms with Crippen LogP contribution in [-0.2, 0) is 25.7 Å². The zero-order valence-electron chi connectivity index (χ0n) is 45.7. The third-order valence-electron chi connectivity index (χ3n) is 15.7. The van der Waals surface area contributed by atoms with E-state index in [-0.39, 0.29) is 95.7 Å². The van der Waals surface area contributed by atoms with Crippen LogP contribution >= 0.6 is 49.6 Å². The van der Waals surface area contributed by atoms with Crippen molar-refractivity contribution in [3.8, 4) is 46.0 Å². The minimum atomic E-state index is 0. The van der Waals surface area contributed by atoms with Gasteiger partial charge in [-0.3, -0.25) is 0 Å². The van der Waals surface area contributed by atoms with E-state index in [2.05, 4.69) is 69.8 Å². The third-order valence-corrected chi connectivity index (χ3v) is 15.7. The van der Waals surface area contributed by atoms with Crippen LogP contribution in [0.2, 0.25) is 0 Å². The van der Waals surface area contributed by atoms with Gasteiger partial charge in [-0.2, -0.15) is 0 Å². The molecule has 4 aromatic rings. The van der Waals surface area contributed by atoms with Gasteiger partial charge in [-0.1, -0.05) is 12.8 Å². The fourth-order valence-electron chi connectivity index (χ4n) is 12.4. The molecule has 0 spiro atoms. The first-order valence-electron chi connectivity index (χ1n) is 25.3. The Morgan fingerprint density at radius 3 is 0.684 bits per heavy atom. The molecule has 0 saturated carbocycles. The second-order valence-corrected chi connectivity index (χ2v) is 19.1. The quantitative estimate of drug-likeness (QED) is 0.0550. The van der Waals surface area contributed by atoms with E-state index in [1.165, 1.54) is 44.5 Å². The number of hydrogen-bond acceptors (Lipinski definition) is 12. The first-order valence-corrected chi connectivity index (χ1v) is 25.3. The van der Waals surface area contributed by atoms with Crippen LogP contribution in [0.15, 0.2) is 48.5 Å². The average molecular weight is 1150 g/mol. The Labute approximate surface area is 476 Å². The lowest BCUT2D eigenvalue weighted by Crippen LogP contribution is -2.32. The fraction of sp³-hybridized carbons (Fsp3) is 0.571. The van der Waals surface area contributed by atoms with Gasteiger partial charge in [0.15, 0.2) is 0 Å². The number of fused-ring (bicyclic) bond motifs is 4. The van der Waals surface area contributed by atoms with E-state index in [0.717, 1.165) is 162 Å². The number of rotatable bonds is 23. The van der Waals surface area contributed by atoms with Gasteiger partial charge in [0.1, 0.15) is 46.0 Å². The monoisotopic (exact) mass is 1150 g/mol. The van der Waals surface area contributed by atoms with Crippen molar-refractivity contribution in [1.82, 2.24) is 21.3 Å². The maximum Gasteiger partial charge on any atom is 0.124 e. The molecule has 4 atom stereocenters. The highest BCUT2D eigenvalue weighted by Crippen LogP contribution is 2.46. The van der Waals surface area contributed by atoms with Gasteiger partial charge in [-0.15, -0.1) is 49.6 Å². The maximum absolute atomic E-state index is 6.02. The molecule has 0 radical (unpaired) electrons. The van der Waals surface area contributed by atoms with Gasteiger partial charge in [0, 0.05) is 68.7 Å². The molecule has 0 fully saturated rings. The molecule has 20 heteroatoms. The molecule has 0 aliphatic carbocycles. The van der Waals surface area contributed by atoms with Crippen LogP contribution in [0.25, 0.3) is 0 Å². The molecule has 0 bridgehead atoms. The number of hydrogen-bond donors (Lipinski definition) is 4. The zero-order valence-corrected chi connectivity index (χ0v) is 49.0. The molecule has 76 heavy (non-hydrogen) atoms. The lowest BCUT2D eigenvalue weighted by Gasteiger charge is -2.34. The summed E-state index contributed by atoms with van der Waals surface area (Å²) in [6.07, 6.45) is 14.5. The molecule has 4 heterocycles. The number of ether oxygens (including phenoxy) is 8. The van der Waals surface area contributed by atoms with E-state index in [9.17, 15) is 0 Å². The largest absolute Gasteiger partial charge is 0.496 e. The zero-order chi connectivity index (χ0) is 47.6. The highest BCUT2D eigenvalue weighted by atomic mass is 35.5. The Hall–Kier alpha value is -3.88. The van der Waals surface area contributed by atoms with Crippen LogP contribution < -0.4 is 59.2 Å². The molecule has 8 rings (SSSR count). The topological polar surface area (TPSA) is 248 Å². The molecule has 434 valence electrons. The summed E-state index contributed by atoms with van der Waals surface area (Å²) in [6.45, 7) is 3.68. The van der Waals surface area contributed by atoms with Crippen molar-refractivity contribution >= 4 is 49.6 Å². The van der Waals surface area contributed by atoms with Crippen LogP contribution in [0.3, 0.4) is 0 Å². The van der Waals surface area contributed by atoms with Gasteiger partial charge in [0.25, 0.3) is 0 Å². The number of nitrogens with one attached hydrogen (secondary N) is 4. The summed E-state index contributed by atoms with van der Waals surface area (Å²) in [4.78, 5) is 0. The standard InChI is InChI=1S/C56H78N4O8.4ClH.4H2O/c1-61-45-19-23-49(65-5)53-37(45)27-31-57-41(53)15-11-35(12-16-42-54-38(28-32-58-42)46(62-2)20-24-50(54)66-6)9-10-36(13-17-43-55-39(29-33-59-43)47(63-3)21-25-51(55)67-7)14-18-44-56-40(30-34-60-44)48(64-4)22-26-52(56)68-8;;;;;;;;/h19-26,35-36,41-44,57-60H,9-18,27-34H2,1-8H3;4*1H;4*1H2. The van der Waals surface area contributed by atoms with Gasteiger partial charge in [0.2, 0.25) is 0 Å². The van der Waals surface area contributed by atoms with E-state index in [0.29, 0.717) is 11.8 Å². The molecule has 4 aliphatic heterocycles. The predicted octanol–water partition coefficient (Wildman–Crippen LogP) is 8.12. The molecule has 0 amide bonds. The molecule has 4 unspecified atom stereocenters. The van der Waals surface area contributed by atoms with Crippen LogP contribution in [-0.4, -0.2) is 105 Å². The van der Waals surface area contributed by atoms with Gasteiger partial charge in [0.05, 0.1) is 56.9 Å². The summed E-state index contributed by atoms with van der Waals surface area (Å²) >= 11 is 0. The van der Waals surface area contributed by atoms with Crippen LogP contribution in [0.4, 0.5) is 0 Å². The first kappa shape index (κ1) is 72.1. The van der Waals surface area contributed by atoms with E-state index in [1.807, 2.05) is 0 Å². The predicted molar refractivity (Wildman–Crippen MR) is 313 cm³/mol. The third kappa shape index (κ3) is 15.9. The van der Waals surface area contributed by atoms with Crippen molar-refractivity contribution < 1.29 is 59.8 Å². The number of halogens is 4. The summed E-state index contributed by atoms with van der Waals surface area (Å²) < 4.78 is 47.7. The Morgan fingerprint density at radius 2 is 0.500 bits per heavy atom. The summed E-state index contributed by atoms with van der Waals surface area (Å²) in [5.41, 5.74) is 10.1. The number of benzene rings is 4. The first-order chi connectivity index (χ1) is 33.4. The average Bonchev–Trinajstić information content (AvgIpc) is 3.39. The minimum Gasteiger partial charge on any atom is -0.496 e. The smallest absolute Gasteiger partial charge is 0.124 e. The molecule has 0 aromatic heterocycles. The second kappa shape index (κ2) is 34.9. The summed E-state index contributed by atoms with van der Waals surface area (Å²) in [5, 5.41) is 15.6. The highest BCUT2D eigenvalue weighted by molar-refractivity contribution is 5.86. The lowest BCUT2D eigenvalue weighted by molar-refractivity contribution is 0.274. The van der Waals surface area contributed by atoms with Crippen molar-refractivity contribution in [3.05, 3.63) is 93.0 Å². The SMILES string of the molecule is COc1ccc(OC)c2c1CCNC2CCC(CCC(CCC1NCCc2c(OC)ccc(OC)c21)CCC1NCCc2c(OC)ccc(OC)c21)CCC1NCCc2c(OC)ccc(OC)c21.Cl.Cl.Cl.Cl.O.O.O.O. The van der Waals surface area contributed by atoms with Crippen molar-refractivity contribution in [3.63, 3.8) is 0 Å². The Kier molecular flexibility index (Phi) is 33.1. The van der Waals surface area contributed by atoms with Crippen molar-refractivity contribution in [2.24, 2.45) is 11.8 Å². The summed E-state index contributed by atoms with van der Waals surface area (Å²) in [5.74, 6) is 8.59. The van der Waals surface area contributed by atoms with Crippen LogP contribution in [0.5, 0.6) is 46.0 Å². The molecule has 4 aromatic carbocycles. The highest BCUT2D eigenvalue weighted by Gasteiger charge is 2.33. The molecule has 4 aliphatic rings. The van der Waals surface area contributed by atoms with Crippen molar-refractivity contribution in [1.29, 1.82) is 0 Å². The molecular formula is C56H90Cl4N4O12. The van der Waals surface area contributed by atoms with Crippen molar-refractivity contribution in [2.45, 2.75) is 114 Å². The fourth-order valence-corrected chi connectivity index (χ4v) is 12.4. The summed E-state index contributed by atoms with van der Waals surface area (Å²) in [7, 11) is 14.3. The van der Waals surface area contributed by atoms with Gasteiger partial charge >= 0.3 is 0 Å². The summed E-state index contributed by atoms with van der Waals surface area (Å²) in [6, 6.07) is 17.3. The van der Waals surface area contributed by atoms with Gasteiger partial charge < -0.3 is 81.1 Å². The normalized spacial score (nSPS) is 18.3.